The van der Waals surface area contributed by atoms with E-state index in [4.69, 9.17) is 39.6 Å². The van der Waals surface area contributed by atoms with Gasteiger partial charge in [-0.25, -0.2) is 16.8 Å². The molecule has 126 valence electrons. The maximum Gasteiger partial charge on any atom is 1.00 e. The van der Waals surface area contributed by atoms with Crippen molar-refractivity contribution in [3.8, 4) is 0 Å². The van der Waals surface area contributed by atoms with Crippen LogP contribution < -0.4 is 206 Å². The SMILES string of the molecule is O=S(=O)([O-])O.O=S(=O)([O-])OOS(=O)(=O)O.O=S(=O)([O-])[O-].[K+].[K+].[K+].[K+]. The Bertz CT molecular complexity index is 586. The van der Waals surface area contributed by atoms with E-state index in [1.807, 2.05) is 0 Å². The van der Waals surface area contributed by atoms with E-state index in [-0.39, 0.29) is 206 Å². The van der Waals surface area contributed by atoms with Crippen molar-refractivity contribution in [2.45, 2.75) is 0 Å². The predicted molar refractivity (Wildman–Crippen MR) is 46.2 cm³/mol. The molecule has 0 aliphatic heterocycles. The molecule has 0 aromatic heterocycles. The minimum Gasteiger partial charge on any atom is -0.759 e. The van der Waals surface area contributed by atoms with E-state index >= 15 is 0 Å². The fraction of sp³-hybridized carbons (Fsp3) is 0. The van der Waals surface area contributed by atoms with Crippen molar-refractivity contribution < 1.29 is 275 Å². The molecule has 0 aromatic rings. The summed E-state index contributed by atoms with van der Waals surface area (Å²) in [5.41, 5.74) is 0. The first-order valence-electron chi connectivity index (χ1n) is 2.87. The first kappa shape index (κ1) is 47.7. The molecule has 24 heteroatoms. The summed E-state index contributed by atoms with van der Waals surface area (Å²) in [6.45, 7) is 0. The maximum absolute atomic E-state index is 9.48. The van der Waals surface area contributed by atoms with Crippen LogP contribution in [0.5, 0.6) is 0 Å². The Labute approximate surface area is 307 Å². The van der Waals surface area contributed by atoms with Crippen molar-refractivity contribution in [2.75, 3.05) is 0 Å². The third-order valence-electron chi connectivity index (χ3n) is 0.197. The van der Waals surface area contributed by atoms with Gasteiger partial charge in [-0.05, 0) is 0 Å². The van der Waals surface area contributed by atoms with Gasteiger partial charge in [0.15, 0.2) is 0 Å². The Hall–Kier alpha value is 6.03. The summed E-state index contributed by atoms with van der Waals surface area (Å²) in [5, 5.41) is 0. The number of hydrogen-bond acceptors (Lipinski definition) is 14. The Kier molecular flexibility index (Phi) is 44.2. The van der Waals surface area contributed by atoms with Gasteiger partial charge in [-0.15, -0.1) is 0 Å². The minimum absolute atomic E-state index is 0. The van der Waals surface area contributed by atoms with Gasteiger partial charge in [0, 0.05) is 10.4 Å². The molecule has 0 amide bonds. The molecular weight excluding hydrogens is 541 g/mol. The number of hydrogen-bond donors (Lipinski definition) is 2. The van der Waals surface area contributed by atoms with Crippen LogP contribution in [0, 0.1) is 0 Å². The van der Waals surface area contributed by atoms with Crippen LogP contribution in [0.15, 0.2) is 0 Å². The van der Waals surface area contributed by atoms with Crippen LogP contribution in [0.1, 0.15) is 0 Å². The molecule has 0 bridgehead atoms. The van der Waals surface area contributed by atoms with Crippen LogP contribution in [0.3, 0.4) is 0 Å². The van der Waals surface area contributed by atoms with Crippen molar-refractivity contribution in [1.29, 1.82) is 0 Å². The molecule has 0 aromatic carbocycles. The van der Waals surface area contributed by atoms with E-state index in [1.54, 1.807) is 0 Å². The quantitative estimate of drug-likeness (QED) is 0.110. The second kappa shape index (κ2) is 22.2. The Morgan fingerprint density at radius 3 is 0.792 bits per heavy atom. The zero-order chi connectivity index (χ0) is 17.4. The average molecular weight is 543 g/mol. The van der Waals surface area contributed by atoms with E-state index in [1.165, 1.54) is 0 Å². The van der Waals surface area contributed by atoms with Gasteiger partial charge in [-0.2, -0.15) is 8.42 Å². The van der Waals surface area contributed by atoms with E-state index in [0.29, 0.717) is 0 Å². The van der Waals surface area contributed by atoms with Gasteiger partial charge in [-0.3, -0.25) is 17.5 Å². The van der Waals surface area contributed by atoms with Crippen LogP contribution in [0.25, 0.3) is 0 Å². The van der Waals surface area contributed by atoms with Crippen LogP contribution in [-0.4, -0.2) is 61.0 Å². The summed E-state index contributed by atoms with van der Waals surface area (Å²) in [6, 6.07) is 0. The summed E-state index contributed by atoms with van der Waals surface area (Å²) in [4.78, 5) is 0. The molecule has 2 N–H and O–H groups in total. The fourth-order valence-electron chi connectivity index (χ4n) is 0.0691. The van der Waals surface area contributed by atoms with Crippen LogP contribution >= 0.6 is 0 Å². The molecule has 0 atom stereocenters. The minimum atomic E-state index is -5.27. The molecule has 0 aliphatic rings. The Balaban J connectivity index is -0.0000000362. The van der Waals surface area contributed by atoms with Gasteiger partial charge in [0.05, 0.1) is 0 Å². The van der Waals surface area contributed by atoms with Gasteiger partial charge in [0.25, 0.3) is 0 Å². The topological polar surface area (TPSA) is 288 Å². The molecule has 0 aliphatic carbocycles. The first-order chi connectivity index (χ1) is 8.21. The van der Waals surface area contributed by atoms with Gasteiger partial charge in [0.2, 0.25) is 20.8 Å². The Morgan fingerprint density at radius 2 is 0.750 bits per heavy atom. The third kappa shape index (κ3) is 121. The molecule has 0 saturated carbocycles. The predicted octanol–water partition coefficient (Wildman–Crippen LogP) is -16.1. The average Bonchev–Trinajstić information content (AvgIpc) is 1.90. The molecule has 0 spiro atoms. The van der Waals surface area contributed by atoms with Crippen LogP contribution in [0.2, 0.25) is 0 Å². The summed E-state index contributed by atoms with van der Waals surface area (Å²) < 4.78 is 127. The van der Waals surface area contributed by atoms with Crippen LogP contribution in [0.4, 0.5) is 0 Å². The van der Waals surface area contributed by atoms with E-state index in [0.717, 1.165) is 0 Å². The molecule has 0 saturated heterocycles. The van der Waals surface area contributed by atoms with Crippen molar-refractivity contribution >= 4 is 41.6 Å². The van der Waals surface area contributed by atoms with Crippen molar-refractivity contribution in [3.63, 3.8) is 0 Å². The summed E-state index contributed by atoms with van der Waals surface area (Å²) in [5.74, 6) is 0. The standard InChI is InChI=1S/4K.H2O8S2.2H2O4S/c;;;;1-9(2,3)7-8-10(4,5)6;2*1-5(2,3)4/h;;;;(H,1,2,3)(H,4,5,6);2*(H2,1,2,3,4)/q4*+1;;;/p-4. The molecule has 16 nitrogen and oxygen atoms in total. The smallest absolute Gasteiger partial charge is 0.759 e. The number of rotatable bonds is 3. The van der Waals surface area contributed by atoms with Crippen LogP contribution in [-0.2, 0) is 50.3 Å². The van der Waals surface area contributed by atoms with E-state index in [9.17, 15) is 21.4 Å². The second-order valence-corrected chi connectivity index (χ2v) is 5.42. The molecule has 0 radical (unpaired) electrons. The summed E-state index contributed by atoms with van der Waals surface area (Å²) >= 11 is 0. The molecule has 0 heterocycles. The molecular formula is H2K4O16S4. The van der Waals surface area contributed by atoms with E-state index < -0.39 is 41.6 Å². The second-order valence-electron chi connectivity index (χ2n) is 1.81. The van der Waals surface area contributed by atoms with Gasteiger partial charge in [0.1, 0.15) is 0 Å². The maximum atomic E-state index is 9.48. The molecule has 0 fully saturated rings. The zero-order valence-corrected chi connectivity index (χ0v) is 28.0. The fourth-order valence-corrected chi connectivity index (χ4v) is 0.622. The molecule has 0 rings (SSSR count). The first-order valence-corrected chi connectivity index (χ1v) is 8.26. The normalized spacial score (nSPS) is 10.4. The van der Waals surface area contributed by atoms with Crippen molar-refractivity contribution in [1.82, 2.24) is 0 Å². The summed E-state index contributed by atoms with van der Waals surface area (Å²) in [6.07, 6.45) is 0. The van der Waals surface area contributed by atoms with E-state index in [2.05, 4.69) is 8.67 Å². The monoisotopic (exact) mass is 542 g/mol. The van der Waals surface area contributed by atoms with Gasteiger partial charge < -0.3 is 18.2 Å². The van der Waals surface area contributed by atoms with Crippen molar-refractivity contribution in [2.24, 2.45) is 0 Å². The largest absolute Gasteiger partial charge is 1.00 e. The Morgan fingerprint density at radius 1 is 0.583 bits per heavy atom. The zero-order valence-electron chi connectivity index (χ0n) is 12.2. The molecule has 0 unspecified atom stereocenters. The van der Waals surface area contributed by atoms with Crippen molar-refractivity contribution in [3.05, 3.63) is 0 Å². The van der Waals surface area contributed by atoms with Gasteiger partial charge >= 0.3 is 216 Å². The van der Waals surface area contributed by atoms with Gasteiger partial charge in [-0.1, -0.05) is 8.67 Å². The summed E-state index contributed by atoms with van der Waals surface area (Å²) in [7, 11) is -20.4. The molecule has 24 heavy (non-hydrogen) atoms. The third-order valence-corrected chi connectivity index (χ3v) is 0.758.